The number of hydrogen-bond donors (Lipinski definition) is 0. The van der Waals surface area contributed by atoms with Gasteiger partial charge in [0.2, 0.25) is 5.91 Å². The second kappa shape index (κ2) is 6.60. The normalized spacial score (nSPS) is 16.4. The Morgan fingerprint density at radius 1 is 1.26 bits per heavy atom. The molecule has 1 aliphatic rings. The van der Waals surface area contributed by atoms with Gasteiger partial charge in [0.25, 0.3) is 0 Å². The zero-order chi connectivity index (χ0) is 13.7. The highest BCUT2D eigenvalue weighted by atomic mass is 16.2. The lowest BCUT2D eigenvalue weighted by molar-refractivity contribution is -0.131. The maximum absolute atomic E-state index is 12.3. The van der Waals surface area contributed by atoms with Gasteiger partial charge in [0.15, 0.2) is 0 Å². The van der Waals surface area contributed by atoms with Crippen molar-refractivity contribution in [2.24, 2.45) is 5.92 Å². The number of anilines is 1. The number of carbonyl (C=O) groups is 1. The number of piperidine rings is 1. The molecule has 0 saturated carbocycles. The van der Waals surface area contributed by atoms with Crippen LogP contribution < -0.4 is 4.90 Å². The van der Waals surface area contributed by atoms with Gasteiger partial charge in [-0.15, -0.1) is 0 Å². The topological polar surface area (TPSA) is 23.6 Å². The molecule has 1 saturated heterocycles. The van der Waals surface area contributed by atoms with Crippen molar-refractivity contribution in [3.8, 4) is 0 Å². The van der Waals surface area contributed by atoms with Gasteiger partial charge in [-0.2, -0.15) is 0 Å². The molecular weight excluding hydrogens is 236 g/mol. The van der Waals surface area contributed by atoms with E-state index in [0.717, 1.165) is 44.1 Å². The summed E-state index contributed by atoms with van der Waals surface area (Å²) in [4.78, 5) is 16.5. The van der Waals surface area contributed by atoms with Crippen molar-refractivity contribution in [1.82, 2.24) is 4.90 Å². The van der Waals surface area contributed by atoms with E-state index in [9.17, 15) is 4.79 Å². The molecule has 0 bridgehead atoms. The van der Waals surface area contributed by atoms with Crippen LogP contribution in [0.15, 0.2) is 30.3 Å². The second-order valence-corrected chi connectivity index (χ2v) is 5.41. The molecule has 1 fully saturated rings. The van der Waals surface area contributed by atoms with Gasteiger partial charge in [-0.3, -0.25) is 4.79 Å². The van der Waals surface area contributed by atoms with Crippen molar-refractivity contribution in [3.63, 3.8) is 0 Å². The number of para-hydroxylation sites is 1. The lowest BCUT2D eigenvalue weighted by Crippen LogP contribution is -2.44. The SMILES string of the molecule is CCN(CC(=O)N1CCC(C)CC1)c1ccccc1. The third kappa shape index (κ3) is 3.72. The molecule has 0 atom stereocenters. The van der Waals surface area contributed by atoms with Crippen molar-refractivity contribution in [1.29, 1.82) is 0 Å². The highest BCUT2D eigenvalue weighted by Gasteiger charge is 2.21. The Kier molecular flexibility index (Phi) is 4.83. The van der Waals surface area contributed by atoms with Gasteiger partial charge in [0, 0.05) is 25.3 Å². The van der Waals surface area contributed by atoms with E-state index >= 15 is 0 Å². The van der Waals surface area contributed by atoms with Crippen LogP contribution >= 0.6 is 0 Å². The minimum atomic E-state index is 0.262. The first kappa shape index (κ1) is 13.9. The van der Waals surface area contributed by atoms with Crippen LogP contribution in [-0.2, 0) is 4.79 Å². The molecule has 1 amide bonds. The monoisotopic (exact) mass is 260 g/mol. The summed E-state index contributed by atoms with van der Waals surface area (Å²) in [7, 11) is 0. The molecule has 2 rings (SSSR count). The minimum absolute atomic E-state index is 0.262. The molecule has 1 aliphatic heterocycles. The van der Waals surface area contributed by atoms with Gasteiger partial charge in [-0.1, -0.05) is 25.1 Å². The molecule has 0 unspecified atom stereocenters. The first-order valence-corrected chi connectivity index (χ1v) is 7.28. The Balaban J connectivity index is 1.93. The summed E-state index contributed by atoms with van der Waals surface area (Å²) in [6.45, 7) is 7.57. The average molecular weight is 260 g/mol. The zero-order valence-corrected chi connectivity index (χ0v) is 12.0. The highest BCUT2D eigenvalue weighted by molar-refractivity contribution is 5.81. The summed E-state index contributed by atoms with van der Waals surface area (Å²) >= 11 is 0. The molecule has 0 aliphatic carbocycles. The highest BCUT2D eigenvalue weighted by Crippen LogP contribution is 2.17. The van der Waals surface area contributed by atoms with E-state index in [2.05, 4.69) is 30.9 Å². The van der Waals surface area contributed by atoms with Gasteiger partial charge in [-0.05, 0) is 37.8 Å². The predicted octanol–water partition coefficient (Wildman–Crippen LogP) is 2.77. The van der Waals surface area contributed by atoms with Gasteiger partial charge in [0.1, 0.15) is 0 Å². The van der Waals surface area contributed by atoms with Crippen LogP contribution in [0.1, 0.15) is 26.7 Å². The fourth-order valence-electron chi connectivity index (χ4n) is 2.55. The molecule has 0 radical (unpaired) electrons. The van der Waals surface area contributed by atoms with Crippen LogP contribution in [0.2, 0.25) is 0 Å². The molecule has 3 nitrogen and oxygen atoms in total. The van der Waals surface area contributed by atoms with E-state index < -0.39 is 0 Å². The third-order valence-corrected chi connectivity index (χ3v) is 3.97. The summed E-state index contributed by atoms with van der Waals surface area (Å²) in [6.07, 6.45) is 2.28. The number of carbonyl (C=O) groups excluding carboxylic acids is 1. The van der Waals surface area contributed by atoms with Crippen molar-refractivity contribution in [3.05, 3.63) is 30.3 Å². The molecule has 0 spiro atoms. The average Bonchev–Trinajstić information content (AvgIpc) is 2.46. The molecule has 0 aromatic heterocycles. The van der Waals surface area contributed by atoms with Gasteiger partial charge in [-0.25, -0.2) is 0 Å². The van der Waals surface area contributed by atoms with Crippen molar-refractivity contribution < 1.29 is 4.79 Å². The Morgan fingerprint density at radius 3 is 2.47 bits per heavy atom. The number of likely N-dealkylation sites (tertiary alicyclic amines) is 1. The first-order chi connectivity index (χ1) is 9.20. The van der Waals surface area contributed by atoms with Crippen LogP contribution in [0, 0.1) is 5.92 Å². The van der Waals surface area contributed by atoms with Crippen LogP contribution in [0.3, 0.4) is 0 Å². The van der Waals surface area contributed by atoms with E-state index in [0.29, 0.717) is 6.54 Å². The Morgan fingerprint density at radius 2 is 1.89 bits per heavy atom. The van der Waals surface area contributed by atoms with E-state index in [1.165, 1.54) is 0 Å². The summed E-state index contributed by atoms with van der Waals surface area (Å²) in [6, 6.07) is 10.2. The molecule has 3 heteroatoms. The summed E-state index contributed by atoms with van der Waals surface area (Å²) in [5.74, 6) is 1.03. The summed E-state index contributed by atoms with van der Waals surface area (Å²) in [5.41, 5.74) is 1.13. The van der Waals surface area contributed by atoms with Crippen molar-refractivity contribution in [2.45, 2.75) is 26.7 Å². The van der Waals surface area contributed by atoms with Crippen LogP contribution in [0.25, 0.3) is 0 Å². The molecule has 1 heterocycles. The summed E-state index contributed by atoms with van der Waals surface area (Å²) < 4.78 is 0. The van der Waals surface area contributed by atoms with Gasteiger partial charge in [0.05, 0.1) is 6.54 Å². The minimum Gasteiger partial charge on any atom is -0.362 e. The second-order valence-electron chi connectivity index (χ2n) is 5.41. The lowest BCUT2D eigenvalue weighted by atomic mass is 9.99. The van der Waals surface area contributed by atoms with Crippen LogP contribution in [0.4, 0.5) is 5.69 Å². The molecule has 104 valence electrons. The Bertz CT molecular complexity index is 396. The molecule has 1 aromatic carbocycles. The molecule has 19 heavy (non-hydrogen) atoms. The standard InChI is InChI=1S/C16H24N2O/c1-3-17(15-7-5-4-6-8-15)13-16(19)18-11-9-14(2)10-12-18/h4-8,14H,3,9-13H2,1-2H3. The van der Waals surface area contributed by atoms with Gasteiger partial charge < -0.3 is 9.80 Å². The van der Waals surface area contributed by atoms with E-state index in [4.69, 9.17) is 0 Å². The van der Waals surface area contributed by atoms with E-state index in [1.54, 1.807) is 0 Å². The van der Waals surface area contributed by atoms with Crippen molar-refractivity contribution in [2.75, 3.05) is 31.1 Å². The largest absolute Gasteiger partial charge is 0.362 e. The number of benzene rings is 1. The van der Waals surface area contributed by atoms with Crippen LogP contribution in [0.5, 0.6) is 0 Å². The Labute approximate surface area is 116 Å². The number of hydrogen-bond acceptors (Lipinski definition) is 2. The lowest BCUT2D eigenvalue weighted by Gasteiger charge is -2.32. The third-order valence-electron chi connectivity index (χ3n) is 3.97. The predicted molar refractivity (Wildman–Crippen MR) is 79.3 cm³/mol. The zero-order valence-electron chi connectivity index (χ0n) is 12.0. The maximum atomic E-state index is 12.3. The van der Waals surface area contributed by atoms with E-state index in [-0.39, 0.29) is 5.91 Å². The fraction of sp³-hybridized carbons (Fsp3) is 0.562. The fourth-order valence-corrected chi connectivity index (χ4v) is 2.55. The maximum Gasteiger partial charge on any atom is 0.242 e. The molecular formula is C16H24N2O. The number of likely N-dealkylation sites (N-methyl/N-ethyl adjacent to an activating group) is 1. The number of amides is 1. The first-order valence-electron chi connectivity index (χ1n) is 7.28. The quantitative estimate of drug-likeness (QED) is 0.831. The smallest absolute Gasteiger partial charge is 0.242 e. The molecule has 1 aromatic rings. The van der Waals surface area contributed by atoms with Crippen LogP contribution in [-0.4, -0.2) is 37.0 Å². The number of nitrogens with zero attached hydrogens (tertiary/aromatic N) is 2. The number of rotatable bonds is 4. The Hall–Kier alpha value is -1.51. The summed E-state index contributed by atoms with van der Waals surface area (Å²) in [5, 5.41) is 0. The van der Waals surface area contributed by atoms with Crippen molar-refractivity contribution >= 4 is 11.6 Å². The van der Waals surface area contributed by atoms with Gasteiger partial charge >= 0.3 is 0 Å². The molecule has 0 N–H and O–H groups in total. The van der Waals surface area contributed by atoms with E-state index in [1.807, 2.05) is 23.1 Å².